The Hall–Kier alpha value is -1.73. The van der Waals surface area contributed by atoms with Crippen LogP contribution in [0.4, 0.5) is 11.4 Å². The van der Waals surface area contributed by atoms with Gasteiger partial charge in [0, 0.05) is 26.2 Å². The van der Waals surface area contributed by atoms with Gasteiger partial charge in [0.2, 0.25) is 0 Å². The maximum atomic E-state index is 8.80. The van der Waals surface area contributed by atoms with Gasteiger partial charge in [-0.1, -0.05) is 6.92 Å². The molecule has 17 heavy (non-hydrogen) atoms. The molecule has 0 aliphatic carbocycles. The van der Waals surface area contributed by atoms with Crippen molar-refractivity contribution in [1.29, 1.82) is 5.26 Å². The van der Waals surface area contributed by atoms with Crippen LogP contribution < -0.4 is 10.6 Å². The Kier molecular flexibility index (Phi) is 3.50. The van der Waals surface area contributed by atoms with Crippen molar-refractivity contribution in [1.82, 2.24) is 4.90 Å². The molecular formula is C13H18N4. The zero-order valence-corrected chi connectivity index (χ0v) is 10.2. The molecule has 1 aromatic carbocycles. The summed E-state index contributed by atoms with van der Waals surface area (Å²) in [5.41, 5.74) is 8.37. The summed E-state index contributed by atoms with van der Waals surface area (Å²) in [5.74, 6) is 0. The van der Waals surface area contributed by atoms with Crippen LogP contribution in [0.1, 0.15) is 12.5 Å². The number of hydrogen-bond acceptors (Lipinski definition) is 4. The van der Waals surface area contributed by atoms with E-state index in [2.05, 4.69) is 22.8 Å². The fourth-order valence-electron chi connectivity index (χ4n) is 2.22. The molecule has 0 unspecified atom stereocenters. The van der Waals surface area contributed by atoms with Crippen molar-refractivity contribution in [3.05, 3.63) is 23.8 Å². The van der Waals surface area contributed by atoms with Crippen molar-refractivity contribution in [2.24, 2.45) is 0 Å². The van der Waals surface area contributed by atoms with Crippen molar-refractivity contribution in [2.75, 3.05) is 43.4 Å². The molecule has 0 spiro atoms. The molecule has 1 aliphatic heterocycles. The molecule has 1 aromatic rings. The van der Waals surface area contributed by atoms with E-state index in [0.717, 1.165) is 38.4 Å². The normalized spacial score (nSPS) is 16.8. The highest BCUT2D eigenvalue weighted by Gasteiger charge is 2.17. The third kappa shape index (κ3) is 2.51. The molecule has 4 nitrogen and oxygen atoms in total. The highest BCUT2D eigenvalue weighted by atomic mass is 15.3. The second-order valence-electron chi connectivity index (χ2n) is 4.31. The second-order valence-corrected chi connectivity index (χ2v) is 4.31. The van der Waals surface area contributed by atoms with Gasteiger partial charge in [0.1, 0.15) is 0 Å². The van der Waals surface area contributed by atoms with E-state index >= 15 is 0 Å². The highest BCUT2D eigenvalue weighted by Crippen LogP contribution is 2.25. The number of anilines is 2. The topological polar surface area (TPSA) is 56.3 Å². The number of hydrogen-bond donors (Lipinski definition) is 1. The first-order valence-corrected chi connectivity index (χ1v) is 6.01. The summed E-state index contributed by atoms with van der Waals surface area (Å²) in [6, 6.07) is 7.64. The number of nitrogen functional groups attached to an aromatic ring is 1. The standard InChI is InChI=1S/C13H18N4/c1-2-16-5-7-17(8-6-16)13-4-3-11(10-14)9-12(13)15/h3-4,9H,2,5-8,15H2,1H3. The van der Waals surface area contributed by atoms with Gasteiger partial charge in [-0.3, -0.25) is 0 Å². The lowest BCUT2D eigenvalue weighted by Crippen LogP contribution is -2.46. The van der Waals surface area contributed by atoms with E-state index in [-0.39, 0.29) is 0 Å². The smallest absolute Gasteiger partial charge is 0.0992 e. The molecule has 0 bridgehead atoms. The number of benzene rings is 1. The number of nitrogens with two attached hydrogens (primary N) is 1. The predicted octanol–water partition coefficient (Wildman–Crippen LogP) is 1.28. The Labute approximate surface area is 102 Å². The van der Waals surface area contributed by atoms with Crippen LogP contribution >= 0.6 is 0 Å². The molecular weight excluding hydrogens is 212 g/mol. The van der Waals surface area contributed by atoms with Crippen LogP contribution in [0.5, 0.6) is 0 Å². The molecule has 4 heteroatoms. The van der Waals surface area contributed by atoms with Gasteiger partial charge in [0.15, 0.2) is 0 Å². The molecule has 90 valence electrons. The third-order valence-electron chi connectivity index (χ3n) is 3.32. The Balaban J connectivity index is 2.11. The minimum Gasteiger partial charge on any atom is -0.397 e. The summed E-state index contributed by atoms with van der Waals surface area (Å²) < 4.78 is 0. The lowest BCUT2D eigenvalue weighted by atomic mass is 10.1. The van der Waals surface area contributed by atoms with Crippen LogP contribution in [0, 0.1) is 11.3 Å². The van der Waals surface area contributed by atoms with E-state index in [9.17, 15) is 0 Å². The van der Waals surface area contributed by atoms with E-state index < -0.39 is 0 Å². The van der Waals surface area contributed by atoms with E-state index in [0.29, 0.717) is 11.3 Å². The van der Waals surface area contributed by atoms with E-state index in [4.69, 9.17) is 11.0 Å². The molecule has 0 aromatic heterocycles. The Morgan fingerprint density at radius 1 is 1.29 bits per heavy atom. The monoisotopic (exact) mass is 230 g/mol. The van der Waals surface area contributed by atoms with Crippen molar-refractivity contribution >= 4 is 11.4 Å². The van der Waals surface area contributed by atoms with Gasteiger partial charge in [0.05, 0.1) is 23.0 Å². The van der Waals surface area contributed by atoms with Crippen LogP contribution in [0.2, 0.25) is 0 Å². The van der Waals surface area contributed by atoms with Crippen molar-refractivity contribution < 1.29 is 0 Å². The first-order chi connectivity index (χ1) is 8.24. The van der Waals surface area contributed by atoms with E-state index in [1.807, 2.05) is 12.1 Å². The highest BCUT2D eigenvalue weighted by molar-refractivity contribution is 5.69. The minimum atomic E-state index is 0.624. The van der Waals surface area contributed by atoms with Crippen LogP contribution in [0.3, 0.4) is 0 Å². The number of likely N-dealkylation sites (N-methyl/N-ethyl adjacent to an activating group) is 1. The number of nitriles is 1. The lowest BCUT2D eigenvalue weighted by Gasteiger charge is -2.36. The van der Waals surface area contributed by atoms with Crippen LogP contribution in [0.15, 0.2) is 18.2 Å². The molecule has 2 rings (SSSR count). The summed E-state index contributed by atoms with van der Waals surface area (Å²) in [5, 5.41) is 8.80. The van der Waals surface area contributed by atoms with Crippen LogP contribution in [-0.4, -0.2) is 37.6 Å². The van der Waals surface area contributed by atoms with Crippen molar-refractivity contribution in [3.63, 3.8) is 0 Å². The molecule has 0 atom stereocenters. The van der Waals surface area contributed by atoms with E-state index in [1.165, 1.54) is 0 Å². The molecule has 1 saturated heterocycles. The molecule has 2 N–H and O–H groups in total. The van der Waals surface area contributed by atoms with Gasteiger partial charge in [-0.05, 0) is 24.7 Å². The average molecular weight is 230 g/mol. The number of piperazine rings is 1. The summed E-state index contributed by atoms with van der Waals surface area (Å²) >= 11 is 0. The molecule has 1 aliphatic rings. The summed E-state index contributed by atoms with van der Waals surface area (Å²) in [6.07, 6.45) is 0. The van der Waals surface area contributed by atoms with Crippen molar-refractivity contribution in [2.45, 2.75) is 6.92 Å². The first kappa shape index (κ1) is 11.7. The zero-order chi connectivity index (χ0) is 12.3. The van der Waals surface area contributed by atoms with Gasteiger partial charge in [0.25, 0.3) is 0 Å². The quantitative estimate of drug-likeness (QED) is 0.778. The lowest BCUT2D eigenvalue weighted by molar-refractivity contribution is 0.271. The summed E-state index contributed by atoms with van der Waals surface area (Å²) in [6.45, 7) is 7.46. The van der Waals surface area contributed by atoms with Gasteiger partial charge in [-0.2, -0.15) is 5.26 Å². The van der Waals surface area contributed by atoms with Gasteiger partial charge < -0.3 is 15.5 Å². The minimum absolute atomic E-state index is 0.624. The zero-order valence-electron chi connectivity index (χ0n) is 10.2. The summed E-state index contributed by atoms with van der Waals surface area (Å²) in [4.78, 5) is 4.72. The SMILES string of the molecule is CCN1CCN(c2ccc(C#N)cc2N)CC1. The van der Waals surface area contributed by atoms with Gasteiger partial charge >= 0.3 is 0 Å². The number of rotatable bonds is 2. The number of nitrogens with zero attached hydrogens (tertiary/aromatic N) is 3. The second kappa shape index (κ2) is 5.07. The first-order valence-electron chi connectivity index (χ1n) is 6.01. The molecule has 0 saturated carbocycles. The summed E-state index contributed by atoms with van der Waals surface area (Å²) in [7, 11) is 0. The average Bonchev–Trinajstić information content (AvgIpc) is 2.39. The maximum absolute atomic E-state index is 8.80. The van der Waals surface area contributed by atoms with Crippen LogP contribution in [0.25, 0.3) is 0 Å². The Morgan fingerprint density at radius 2 is 2.00 bits per heavy atom. The van der Waals surface area contributed by atoms with Gasteiger partial charge in [-0.25, -0.2) is 0 Å². The molecule has 1 fully saturated rings. The molecule has 0 radical (unpaired) electrons. The Bertz CT molecular complexity index is 428. The Morgan fingerprint density at radius 3 is 2.53 bits per heavy atom. The molecule has 1 heterocycles. The largest absolute Gasteiger partial charge is 0.397 e. The van der Waals surface area contributed by atoms with E-state index in [1.54, 1.807) is 6.07 Å². The third-order valence-corrected chi connectivity index (χ3v) is 3.32. The fraction of sp³-hybridized carbons (Fsp3) is 0.462. The van der Waals surface area contributed by atoms with Crippen molar-refractivity contribution in [3.8, 4) is 6.07 Å². The van der Waals surface area contributed by atoms with Gasteiger partial charge in [-0.15, -0.1) is 0 Å². The maximum Gasteiger partial charge on any atom is 0.0992 e. The fourth-order valence-corrected chi connectivity index (χ4v) is 2.22. The molecule has 0 amide bonds. The predicted molar refractivity (Wildman–Crippen MR) is 69.9 cm³/mol. The van der Waals surface area contributed by atoms with Crippen LogP contribution in [-0.2, 0) is 0 Å².